The molecule has 0 aliphatic heterocycles. The number of hydrogen-bond acceptors (Lipinski definition) is 4. The van der Waals surface area contributed by atoms with Gasteiger partial charge >= 0.3 is 0 Å². The maximum Gasteiger partial charge on any atom is 0.140 e. The van der Waals surface area contributed by atoms with Crippen molar-refractivity contribution < 1.29 is 0 Å². The molecule has 1 aliphatic rings. The van der Waals surface area contributed by atoms with Crippen molar-refractivity contribution >= 4 is 16.9 Å². The average molecular weight is 423 g/mol. The number of hydrogen-bond donors (Lipinski definition) is 2. The summed E-state index contributed by atoms with van der Waals surface area (Å²) in [6.07, 6.45) is 3.85. The number of fused-ring (bicyclic) bond motifs is 1. The van der Waals surface area contributed by atoms with Gasteiger partial charge in [0.1, 0.15) is 5.82 Å². The Hall–Kier alpha value is -3.24. The fourth-order valence-electron chi connectivity index (χ4n) is 5.14. The number of hydrazine groups is 1. The van der Waals surface area contributed by atoms with Crippen LogP contribution in [0.2, 0.25) is 0 Å². The van der Waals surface area contributed by atoms with Crippen LogP contribution in [0, 0.1) is 5.41 Å². The molecule has 0 spiro atoms. The molecule has 4 nitrogen and oxygen atoms in total. The molecule has 5 rings (SSSR count). The Bertz CT molecular complexity index is 1250. The summed E-state index contributed by atoms with van der Waals surface area (Å²) >= 11 is 0. The summed E-state index contributed by atoms with van der Waals surface area (Å²) in [5.74, 6) is 6.20. The van der Waals surface area contributed by atoms with Gasteiger partial charge in [-0.25, -0.2) is 15.8 Å². The van der Waals surface area contributed by atoms with Gasteiger partial charge in [-0.15, -0.1) is 0 Å². The van der Waals surface area contributed by atoms with Gasteiger partial charge in [-0.05, 0) is 47.6 Å². The maximum absolute atomic E-state index is 5.57. The van der Waals surface area contributed by atoms with Gasteiger partial charge in [-0.2, -0.15) is 0 Å². The summed E-state index contributed by atoms with van der Waals surface area (Å²) in [6, 6.07) is 25.4. The Morgan fingerprint density at radius 3 is 2.12 bits per heavy atom. The van der Waals surface area contributed by atoms with E-state index in [-0.39, 0.29) is 10.8 Å². The number of nitrogens with zero attached hydrogens (tertiary/aromatic N) is 2. The van der Waals surface area contributed by atoms with Crippen LogP contribution >= 0.6 is 0 Å². The Kier molecular flexibility index (Phi) is 4.98. The lowest BCUT2D eigenvalue weighted by atomic mass is 9.52. The van der Waals surface area contributed by atoms with Crippen LogP contribution < -0.4 is 11.3 Å². The van der Waals surface area contributed by atoms with Gasteiger partial charge in [0.2, 0.25) is 0 Å². The second kappa shape index (κ2) is 7.72. The Morgan fingerprint density at radius 1 is 0.812 bits per heavy atom. The van der Waals surface area contributed by atoms with E-state index >= 15 is 0 Å². The molecule has 0 saturated heterocycles. The molecular weight excluding hydrogens is 392 g/mol. The lowest BCUT2D eigenvalue weighted by Gasteiger charge is -2.52. The fraction of sp³-hybridized carbons (Fsp3) is 0.286. The monoisotopic (exact) mass is 422 g/mol. The van der Waals surface area contributed by atoms with Crippen LogP contribution in [-0.2, 0) is 5.41 Å². The molecule has 1 aliphatic carbocycles. The number of nitrogens with two attached hydrogens (primary N) is 1. The molecule has 3 N–H and O–H groups in total. The van der Waals surface area contributed by atoms with Crippen LogP contribution in [0.4, 0.5) is 5.82 Å². The van der Waals surface area contributed by atoms with Crippen molar-refractivity contribution in [2.45, 2.75) is 45.4 Å². The highest BCUT2D eigenvalue weighted by Crippen LogP contribution is 2.55. The number of nitrogen functional groups attached to an aromatic ring is 1. The summed E-state index contributed by atoms with van der Waals surface area (Å²) in [6.45, 7) is 7.11. The van der Waals surface area contributed by atoms with E-state index in [0.29, 0.717) is 5.82 Å². The van der Waals surface area contributed by atoms with E-state index < -0.39 is 0 Å². The SMILES string of the molecule is CC(C)(C)C1(c2ccc(-c3nc4ccc(NN)nc4cc3-c3ccccc3)cc2)CCC1. The predicted molar refractivity (Wildman–Crippen MR) is 133 cm³/mol. The Morgan fingerprint density at radius 2 is 1.53 bits per heavy atom. The second-order valence-electron chi connectivity index (χ2n) is 9.89. The zero-order valence-corrected chi connectivity index (χ0v) is 19.0. The number of nitrogens with one attached hydrogen (secondary N) is 1. The minimum Gasteiger partial charge on any atom is -0.308 e. The number of aromatic nitrogens is 2. The number of anilines is 1. The summed E-state index contributed by atoms with van der Waals surface area (Å²) in [5.41, 5.74) is 10.6. The topological polar surface area (TPSA) is 63.8 Å². The zero-order chi connectivity index (χ0) is 22.3. The lowest BCUT2D eigenvalue weighted by molar-refractivity contribution is 0.0852. The molecule has 32 heavy (non-hydrogen) atoms. The largest absolute Gasteiger partial charge is 0.308 e. The van der Waals surface area contributed by atoms with E-state index in [1.54, 1.807) is 0 Å². The molecule has 1 fully saturated rings. The van der Waals surface area contributed by atoms with Gasteiger partial charge in [-0.1, -0.05) is 81.8 Å². The first-order chi connectivity index (χ1) is 15.4. The highest BCUT2D eigenvalue weighted by Gasteiger charge is 2.47. The molecule has 0 amide bonds. The van der Waals surface area contributed by atoms with Gasteiger partial charge in [0.25, 0.3) is 0 Å². The fourth-order valence-corrected chi connectivity index (χ4v) is 5.14. The summed E-state index contributed by atoms with van der Waals surface area (Å²) in [5, 5.41) is 0. The molecule has 1 saturated carbocycles. The van der Waals surface area contributed by atoms with Crippen molar-refractivity contribution in [3.05, 3.63) is 78.4 Å². The Labute approximate surface area is 189 Å². The molecule has 4 heteroatoms. The van der Waals surface area contributed by atoms with Crippen LogP contribution in [0.25, 0.3) is 33.4 Å². The highest BCUT2D eigenvalue weighted by atomic mass is 15.2. The molecule has 0 unspecified atom stereocenters. The van der Waals surface area contributed by atoms with E-state index in [2.05, 4.69) is 85.8 Å². The average Bonchev–Trinajstić information content (AvgIpc) is 2.77. The minimum absolute atomic E-state index is 0.254. The van der Waals surface area contributed by atoms with Crippen LogP contribution in [0.15, 0.2) is 72.8 Å². The molecule has 0 atom stereocenters. The van der Waals surface area contributed by atoms with E-state index in [9.17, 15) is 0 Å². The first kappa shape index (κ1) is 20.7. The van der Waals surface area contributed by atoms with Crippen molar-refractivity contribution in [1.82, 2.24) is 9.97 Å². The van der Waals surface area contributed by atoms with Gasteiger partial charge in [0.15, 0.2) is 0 Å². The molecule has 162 valence electrons. The third-order valence-electron chi connectivity index (χ3n) is 7.26. The highest BCUT2D eigenvalue weighted by molar-refractivity contribution is 5.90. The lowest BCUT2D eigenvalue weighted by Crippen LogP contribution is -2.45. The van der Waals surface area contributed by atoms with Gasteiger partial charge in [-0.3, -0.25) is 0 Å². The van der Waals surface area contributed by atoms with Crippen molar-refractivity contribution in [3.8, 4) is 22.4 Å². The zero-order valence-electron chi connectivity index (χ0n) is 19.0. The van der Waals surface area contributed by atoms with Gasteiger partial charge in [0, 0.05) is 16.5 Å². The second-order valence-corrected chi connectivity index (χ2v) is 9.89. The van der Waals surface area contributed by atoms with Crippen molar-refractivity contribution in [2.24, 2.45) is 11.3 Å². The third kappa shape index (κ3) is 3.35. The molecule has 4 aromatic rings. The van der Waals surface area contributed by atoms with E-state index in [1.807, 2.05) is 18.2 Å². The number of benzene rings is 2. The van der Waals surface area contributed by atoms with E-state index in [4.69, 9.17) is 10.8 Å². The third-order valence-corrected chi connectivity index (χ3v) is 7.26. The predicted octanol–water partition coefficient (Wildman–Crippen LogP) is 6.72. The number of pyridine rings is 2. The van der Waals surface area contributed by atoms with Crippen LogP contribution in [0.1, 0.15) is 45.6 Å². The quantitative estimate of drug-likeness (QED) is 0.283. The van der Waals surface area contributed by atoms with Crippen molar-refractivity contribution in [1.29, 1.82) is 0 Å². The van der Waals surface area contributed by atoms with Crippen molar-refractivity contribution in [2.75, 3.05) is 5.43 Å². The number of rotatable bonds is 4. The van der Waals surface area contributed by atoms with E-state index in [1.165, 1.54) is 24.8 Å². The van der Waals surface area contributed by atoms with Gasteiger partial charge in [0.05, 0.1) is 16.7 Å². The molecule has 2 aromatic heterocycles. The molecule has 0 bridgehead atoms. The standard InChI is InChI=1S/C28H30N4/c1-27(2,3)28(16-7-17-28)21-12-10-20(11-13-21)26-22(19-8-5-4-6-9-19)18-24-23(31-26)14-15-25(30-24)32-29/h4-6,8-15,18H,7,16-17,29H2,1-3H3,(H,30,32). The summed E-state index contributed by atoms with van der Waals surface area (Å²) < 4.78 is 0. The maximum atomic E-state index is 5.57. The first-order valence-electron chi connectivity index (χ1n) is 11.4. The summed E-state index contributed by atoms with van der Waals surface area (Å²) in [7, 11) is 0. The molecule has 2 aromatic carbocycles. The van der Waals surface area contributed by atoms with Gasteiger partial charge < -0.3 is 5.43 Å². The molecular formula is C28H30N4. The Balaban J connectivity index is 1.65. The molecule has 0 radical (unpaired) electrons. The normalized spacial score (nSPS) is 15.4. The molecule has 2 heterocycles. The van der Waals surface area contributed by atoms with Crippen LogP contribution in [0.3, 0.4) is 0 Å². The summed E-state index contributed by atoms with van der Waals surface area (Å²) in [4.78, 5) is 9.65. The first-order valence-corrected chi connectivity index (χ1v) is 11.4. The van der Waals surface area contributed by atoms with Crippen LogP contribution in [-0.4, -0.2) is 9.97 Å². The van der Waals surface area contributed by atoms with Crippen molar-refractivity contribution in [3.63, 3.8) is 0 Å². The van der Waals surface area contributed by atoms with Crippen LogP contribution in [0.5, 0.6) is 0 Å². The van der Waals surface area contributed by atoms with E-state index in [0.717, 1.165) is 33.4 Å². The smallest absolute Gasteiger partial charge is 0.140 e. The minimum atomic E-state index is 0.254.